The van der Waals surface area contributed by atoms with Crippen molar-refractivity contribution in [1.82, 2.24) is 20.5 Å². The van der Waals surface area contributed by atoms with Crippen molar-refractivity contribution in [2.24, 2.45) is 4.99 Å². The summed E-state index contributed by atoms with van der Waals surface area (Å²) in [6, 6.07) is 9.34. The molecule has 2 N–H and O–H groups in total. The highest BCUT2D eigenvalue weighted by atomic mass is 127. The number of thiazole rings is 1. The van der Waals surface area contributed by atoms with Gasteiger partial charge in [-0.05, 0) is 30.9 Å². The molecular weight excluding hydrogens is 481 g/mol. The van der Waals surface area contributed by atoms with Crippen molar-refractivity contribution < 1.29 is 0 Å². The Labute approximate surface area is 190 Å². The third-order valence-electron chi connectivity index (χ3n) is 5.22. The van der Waals surface area contributed by atoms with E-state index in [9.17, 15) is 0 Å². The molecule has 1 aliphatic rings. The number of benzene rings is 1. The van der Waals surface area contributed by atoms with Crippen LogP contribution in [0.1, 0.15) is 35.2 Å². The number of aliphatic imine (C=N–C) groups is 1. The summed E-state index contributed by atoms with van der Waals surface area (Å²) in [5.74, 6) is 0.873. The summed E-state index contributed by atoms with van der Waals surface area (Å²) in [6.07, 6.45) is 3.20. The molecule has 1 aliphatic heterocycles. The van der Waals surface area contributed by atoms with Gasteiger partial charge in [0.2, 0.25) is 0 Å². The van der Waals surface area contributed by atoms with Crippen LogP contribution in [-0.2, 0) is 19.4 Å². The highest BCUT2D eigenvalue weighted by Gasteiger charge is 2.22. The van der Waals surface area contributed by atoms with Gasteiger partial charge < -0.3 is 10.6 Å². The zero-order valence-corrected chi connectivity index (χ0v) is 20.2. The first-order chi connectivity index (χ1) is 13.2. The van der Waals surface area contributed by atoms with Crippen LogP contribution in [-0.4, -0.2) is 48.6 Å². The van der Waals surface area contributed by atoms with Gasteiger partial charge in [-0.25, -0.2) is 4.98 Å². The van der Waals surface area contributed by atoms with E-state index in [2.05, 4.69) is 62.1 Å². The van der Waals surface area contributed by atoms with Gasteiger partial charge in [0.1, 0.15) is 0 Å². The Morgan fingerprint density at radius 2 is 2.07 bits per heavy atom. The van der Waals surface area contributed by atoms with E-state index < -0.39 is 0 Å². The predicted molar refractivity (Wildman–Crippen MR) is 130 cm³/mol. The Kier molecular flexibility index (Phi) is 9.67. The van der Waals surface area contributed by atoms with Crippen LogP contribution in [0.3, 0.4) is 0 Å². The van der Waals surface area contributed by atoms with E-state index in [0.29, 0.717) is 6.04 Å². The number of nitrogens with one attached hydrogen (secondary N) is 2. The van der Waals surface area contributed by atoms with Crippen molar-refractivity contribution in [2.75, 3.05) is 26.7 Å². The first kappa shape index (κ1) is 23.1. The van der Waals surface area contributed by atoms with E-state index in [0.717, 1.165) is 62.1 Å². The van der Waals surface area contributed by atoms with Gasteiger partial charge in [0.25, 0.3) is 0 Å². The smallest absolute Gasteiger partial charge is 0.191 e. The van der Waals surface area contributed by atoms with Gasteiger partial charge in [-0.1, -0.05) is 31.2 Å². The minimum atomic E-state index is 0. The zero-order chi connectivity index (χ0) is 19.1. The Morgan fingerprint density at radius 3 is 2.75 bits per heavy atom. The number of fused-ring (bicyclic) bond motifs is 1. The summed E-state index contributed by atoms with van der Waals surface area (Å²) in [7, 11) is 1.83. The molecule has 0 radical (unpaired) electrons. The standard InChI is InChI=1S/C21H31N5S.HI/c1-4-20(26-12-10-17-7-5-6-8-18(17)14-26)13-24-21(22-3)23-11-9-19-15-27-16(2)25-19;/h5-8,15,20H,4,9-14H2,1-3H3,(H2,22,23,24);1H. The summed E-state index contributed by atoms with van der Waals surface area (Å²) in [5, 5.41) is 10.2. The van der Waals surface area contributed by atoms with E-state index in [1.165, 1.54) is 11.1 Å². The fourth-order valence-electron chi connectivity index (χ4n) is 3.63. The van der Waals surface area contributed by atoms with Crippen molar-refractivity contribution in [3.05, 3.63) is 51.5 Å². The predicted octanol–water partition coefficient (Wildman–Crippen LogP) is 3.61. The lowest BCUT2D eigenvalue weighted by molar-refractivity contribution is 0.174. The van der Waals surface area contributed by atoms with Gasteiger partial charge in [-0.15, -0.1) is 35.3 Å². The van der Waals surface area contributed by atoms with Crippen LogP contribution in [0.2, 0.25) is 0 Å². The van der Waals surface area contributed by atoms with Gasteiger partial charge in [0.15, 0.2) is 5.96 Å². The molecule has 0 saturated heterocycles. The minimum absolute atomic E-state index is 0. The molecule has 5 nitrogen and oxygen atoms in total. The van der Waals surface area contributed by atoms with Crippen LogP contribution in [0, 0.1) is 6.92 Å². The lowest BCUT2D eigenvalue weighted by atomic mass is 9.98. The summed E-state index contributed by atoms with van der Waals surface area (Å²) in [6.45, 7) is 8.25. The van der Waals surface area contributed by atoms with Gasteiger partial charge in [-0.2, -0.15) is 0 Å². The van der Waals surface area contributed by atoms with E-state index in [1.807, 2.05) is 14.0 Å². The molecule has 0 fully saturated rings. The number of hydrogen-bond acceptors (Lipinski definition) is 4. The summed E-state index contributed by atoms with van der Waals surface area (Å²) < 4.78 is 0. The van der Waals surface area contributed by atoms with Crippen molar-refractivity contribution in [3.63, 3.8) is 0 Å². The molecule has 0 aliphatic carbocycles. The molecule has 7 heteroatoms. The van der Waals surface area contributed by atoms with Gasteiger partial charge in [-0.3, -0.25) is 9.89 Å². The molecule has 0 spiro atoms. The second-order valence-corrected chi connectivity index (χ2v) is 8.10. The second-order valence-electron chi connectivity index (χ2n) is 7.04. The highest BCUT2D eigenvalue weighted by Crippen LogP contribution is 2.21. The number of rotatable bonds is 7. The van der Waals surface area contributed by atoms with E-state index in [4.69, 9.17) is 0 Å². The van der Waals surface area contributed by atoms with Crippen molar-refractivity contribution in [3.8, 4) is 0 Å². The topological polar surface area (TPSA) is 52.6 Å². The summed E-state index contributed by atoms with van der Waals surface area (Å²) in [4.78, 5) is 11.5. The molecule has 1 aromatic carbocycles. The molecule has 2 heterocycles. The Balaban J connectivity index is 0.00000280. The van der Waals surface area contributed by atoms with E-state index in [-0.39, 0.29) is 24.0 Å². The monoisotopic (exact) mass is 513 g/mol. The quantitative estimate of drug-likeness (QED) is 0.338. The highest BCUT2D eigenvalue weighted by molar-refractivity contribution is 14.0. The van der Waals surface area contributed by atoms with Gasteiger partial charge in [0, 0.05) is 51.1 Å². The largest absolute Gasteiger partial charge is 0.356 e. The molecule has 0 bridgehead atoms. The van der Waals surface area contributed by atoms with Crippen LogP contribution >= 0.6 is 35.3 Å². The molecule has 0 saturated carbocycles. The normalized spacial score (nSPS) is 15.5. The molecule has 1 unspecified atom stereocenters. The van der Waals surface area contributed by atoms with Gasteiger partial charge >= 0.3 is 0 Å². The molecule has 0 amide bonds. The average molecular weight is 513 g/mol. The SMILES string of the molecule is CCC(CNC(=NC)NCCc1csc(C)n1)N1CCc2ccccc2C1.I. The number of guanidine groups is 1. The van der Waals surface area contributed by atoms with E-state index in [1.54, 1.807) is 11.3 Å². The number of hydrogen-bond donors (Lipinski definition) is 2. The Morgan fingerprint density at radius 1 is 1.29 bits per heavy atom. The Hall–Kier alpha value is -1.19. The molecular formula is C21H32IN5S. The average Bonchev–Trinajstić information content (AvgIpc) is 3.12. The van der Waals surface area contributed by atoms with Crippen molar-refractivity contribution >= 4 is 41.3 Å². The number of nitrogens with zero attached hydrogens (tertiary/aromatic N) is 3. The van der Waals surface area contributed by atoms with Crippen LogP contribution in [0.15, 0.2) is 34.6 Å². The number of aryl methyl sites for hydroxylation is 1. The Bertz CT molecular complexity index is 761. The molecule has 28 heavy (non-hydrogen) atoms. The lowest BCUT2D eigenvalue weighted by Crippen LogP contribution is -2.48. The summed E-state index contributed by atoms with van der Waals surface area (Å²) in [5.41, 5.74) is 4.13. The number of halogens is 1. The first-order valence-electron chi connectivity index (χ1n) is 9.86. The maximum absolute atomic E-state index is 4.51. The third kappa shape index (κ3) is 6.42. The van der Waals surface area contributed by atoms with E-state index >= 15 is 0 Å². The molecule has 2 aromatic rings. The maximum Gasteiger partial charge on any atom is 0.191 e. The molecule has 154 valence electrons. The van der Waals surface area contributed by atoms with Crippen LogP contribution in [0.5, 0.6) is 0 Å². The molecule has 1 aromatic heterocycles. The fraction of sp³-hybridized carbons (Fsp3) is 0.524. The maximum atomic E-state index is 4.51. The van der Waals surface area contributed by atoms with Crippen molar-refractivity contribution in [2.45, 2.75) is 45.7 Å². The minimum Gasteiger partial charge on any atom is -0.356 e. The first-order valence-corrected chi connectivity index (χ1v) is 10.7. The van der Waals surface area contributed by atoms with Crippen LogP contribution in [0.25, 0.3) is 0 Å². The summed E-state index contributed by atoms with van der Waals surface area (Å²) >= 11 is 1.71. The third-order valence-corrected chi connectivity index (χ3v) is 6.04. The van der Waals surface area contributed by atoms with Crippen molar-refractivity contribution in [1.29, 1.82) is 0 Å². The van der Waals surface area contributed by atoms with Gasteiger partial charge in [0.05, 0.1) is 10.7 Å². The number of aromatic nitrogens is 1. The molecule has 3 rings (SSSR count). The second kappa shape index (κ2) is 11.7. The lowest BCUT2D eigenvalue weighted by Gasteiger charge is -2.35. The zero-order valence-electron chi connectivity index (χ0n) is 17.1. The van der Waals surface area contributed by atoms with Crippen LogP contribution in [0.4, 0.5) is 0 Å². The fourth-order valence-corrected chi connectivity index (χ4v) is 4.28. The van der Waals surface area contributed by atoms with Crippen LogP contribution < -0.4 is 10.6 Å². The molecule has 1 atom stereocenters.